The lowest BCUT2D eigenvalue weighted by molar-refractivity contribution is -0.152. The summed E-state index contributed by atoms with van der Waals surface area (Å²) in [5, 5.41) is 28.3. The maximum absolute atomic E-state index is 11.6. The lowest BCUT2D eigenvalue weighted by Gasteiger charge is -2.21. The van der Waals surface area contributed by atoms with Gasteiger partial charge in [0.2, 0.25) is 0 Å². The van der Waals surface area contributed by atoms with Gasteiger partial charge >= 0.3 is 5.97 Å². The van der Waals surface area contributed by atoms with Crippen molar-refractivity contribution in [3.05, 3.63) is 0 Å². The van der Waals surface area contributed by atoms with Crippen molar-refractivity contribution in [1.82, 2.24) is 0 Å². The van der Waals surface area contributed by atoms with Crippen LogP contribution in [0.15, 0.2) is 0 Å². The van der Waals surface area contributed by atoms with E-state index in [-0.39, 0.29) is 6.61 Å². The average molecular weight is 332 g/mol. The van der Waals surface area contributed by atoms with Crippen molar-refractivity contribution in [2.75, 3.05) is 13.2 Å². The van der Waals surface area contributed by atoms with E-state index in [2.05, 4.69) is 6.92 Å². The molecule has 0 saturated carbocycles. The van der Waals surface area contributed by atoms with Gasteiger partial charge in [-0.15, -0.1) is 0 Å². The van der Waals surface area contributed by atoms with Crippen LogP contribution in [0.4, 0.5) is 0 Å². The number of rotatable bonds is 12. The highest BCUT2D eigenvalue weighted by Crippen LogP contribution is 2.19. The first-order chi connectivity index (χ1) is 11.0. The van der Waals surface area contributed by atoms with E-state index in [1.807, 2.05) is 0 Å². The number of hydrogen-bond donors (Lipinski definition) is 3. The molecule has 0 radical (unpaired) electrons. The molecular weight excluding hydrogens is 304 g/mol. The fourth-order valence-corrected chi connectivity index (χ4v) is 2.52. The number of aliphatic hydroxyl groups excluding tert-OH is 3. The molecule has 0 bridgehead atoms. The molecule has 0 aromatic rings. The van der Waals surface area contributed by atoms with Crippen molar-refractivity contribution in [2.24, 2.45) is 0 Å². The van der Waals surface area contributed by atoms with E-state index >= 15 is 0 Å². The Hall–Kier alpha value is -1.02. The van der Waals surface area contributed by atoms with Crippen molar-refractivity contribution in [1.29, 1.82) is 0 Å². The molecule has 0 amide bonds. The highest BCUT2D eigenvalue weighted by atomic mass is 16.6. The second-order valence-electron chi connectivity index (χ2n) is 5.95. The summed E-state index contributed by atoms with van der Waals surface area (Å²) >= 11 is 0. The van der Waals surface area contributed by atoms with Crippen molar-refractivity contribution in [3.8, 4) is 0 Å². The number of carbonyl (C=O) groups excluding carboxylic acids is 2. The number of Topliss-reactive ketones (excluding diaryl/α,β-unsaturated/α-hetero) is 1. The number of esters is 1. The number of ether oxygens (including phenoxy) is 2. The lowest BCUT2D eigenvalue weighted by Crippen LogP contribution is -2.42. The third kappa shape index (κ3) is 6.55. The third-order valence-corrected chi connectivity index (χ3v) is 3.93. The van der Waals surface area contributed by atoms with Gasteiger partial charge in [0.25, 0.3) is 5.78 Å². The molecular formula is C16H28O7. The summed E-state index contributed by atoms with van der Waals surface area (Å²) in [5.74, 6) is -1.98. The van der Waals surface area contributed by atoms with Crippen LogP contribution in [0.2, 0.25) is 0 Å². The summed E-state index contributed by atoms with van der Waals surface area (Å²) in [5.41, 5.74) is 0. The predicted octanol–water partition coefficient (Wildman–Crippen LogP) is 0.331. The van der Waals surface area contributed by atoms with Crippen molar-refractivity contribution in [2.45, 2.75) is 76.3 Å². The first-order valence-electron chi connectivity index (χ1n) is 8.34. The molecule has 1 aliphatic heterocycles. The van der Waals surface area contributed by atoms with E-state index in [4.69, 9.17) is 14.6 Å². The van der Waals surface area contributed by atoms with Crippen LogP contribution >= 0.6 is 0 Å². The minimum atomic E-state index is -1.38. The monoisotopic (exact) mass is 332 g/mol. The summed E-state index contributed by atoms with van der Waals surface area (Å²) in [4.78, 5) is 22.9. The molecule has 3 N–H and O–H groups in total. The Morgan fingerprint density at radius 3 is 2.43 bits per heavy atom. The van der Waals surface area contributed by atoms with Gasteiger partial charge in [0.05, 0.1) is 19.3 Å². The zero-order valence-corrected chi connectivity index (χ0v) is 13.6. The van der Waals surface area contributed by atoms with Crippen LogP contribution in [-0.4, -0.2) is 64.7 Å². The Balaban J connectivity index is 2.28. The fourth-order valence-electron chi connectivity index (χ4n) is 2.52. The first kappa shape index (κ1) is 20.0. The number of aliphatic hydroxyl groups is 3. The van der Waals surface area contributed by atoms with Gasteiger partial charge in [0.15, 0.2) is 12.2 Å². The maximum atomic E-state index is 11.6. The molecule has 7 heteroatoms. The second kappa shape index (κ2) is 10.7. The third-order valence-electron chi connectivity index (χ3n) is 3.93. The zero-order chi connectivity index (χ0) is 17.2. The van der Waals surface area contributed by atoms with Crippen LogP contribution in [-0.2, 0) is 19.1 Å². The number of cyclic esters (lactones) is 1. The minimum absolute atomic E-state index is 0.114. The summed E-state index contributed by atoms with van der Waals surface area (Å²) in [6.45, 7) is 1.39. The van der Waals surface area contributed by atoms with E-state index in [1.54, 1.807) is 0 Å². The molecule has 4 atom stereocenters. The topological polar surface area (TPSA) is 113 Å². The maximum Gasteiger partial charge on any atom is 0.378 e. The van der Waals surface area contributed by atoms with E-state index in [0.717, 1.165) is 19.3 Å². The largest absolute Gasteiger partial charge is 0.450 e. The Bertz CT molecular complexity index is 371. The van der Waals surface area contributed by atoms with E-state index < -0.39 is 42.8 Å². The zero-order valence-electron chi connectivity index (χ0n) is 13.6. The highest BCUT2D eigenvalue weighted by molar-refractivity contribution is 6.37. The molecule has 1 saturated heterocycles. The van der Waals surface area contributed by atoms with Crippen molar-refractivity contribution < 1.29 is 34.4 Å². The van der Waals surface area contributed by atoms with Crippen LogP contribution in [0.5, 0.6) is 0 Å². The smallest absolute Gasteiger partial charge is 0.378 e. The summed E-state index contributed by atoms with van der Waals surface area (Å²) in [7, 11) is 0. The molecule has 0 spiro atoms. The molecule has 23 heavy (non-hydrogen) atoms. The molecule has 1 rings (SSSR count). The Morgan fingerprint density at radius 1 is 1.13 bits per heavy atom. The second-order valence-corrected chi connectivity index (χ2v) is 5.95. The summed E-state index contributed by atoms with van der Waals surface area (Å²) in [6.07, 6.45) is 2.57. The SMILES string of the molecule is CCCCCCCCC(O)COC1C(=O)C(=O)OC1C(O)CO. The van der Waals surface area contributed by atoms with Crippen LogP contribution in [0, 0.1) is 0 Å². The number of ketones is 1. The molecule has 1 aliphatic rings. The Kier molecular flexibility index (Phi) is 9.31. The average Bonchev–Trinajstić information content (AvgIpc) is 2.83. The minimum Gasteiger partial charge on any atom is -0.450 e. The number of unbranched alkanes of at least 4 members (excludes halogenated alkanes) is 5. The van der Waals surface area contributed by atoms with Gasteiger partial charge in [0, 0.05) is 0 Å². The highest BCUT2D eigenvalue weighted by Gasteiger charge is 2.48. The van der Waals surface area contributed by atoms with Crippen LogP contribution < -0.4 is 0 Å². The Morgan fingerprint density at radius 2 is 1.78 bits per heavy atom. The molecule has 1 heterocycles. The Labute approximate surface area is 136 Å². The van der Waals surface area contributed by atoms with Gasteiger partial charge in [-0.3, -0.25) is 4.79 Å². The van der Waals surface area contributed by atoms with Gasteiger partial charge in [-0.1, -0.05) is 45.4 Å². The normalized spacial score (nSPS) is 23.8. The lowest BCUT2D eigenvalue weighted by atomic mass is 10.1. The standard InChI is InChI=1S/C16H28O7/c1-2-3-4-5-6-7-8-11(18)10-22-15-13(20)16(21)23-14(15)12(19)9-17/h11-12,14-15,17-19H,2-10H2,1H3. The molecule has 0 aliphatic carbocycles. The predicted molar refractivity (Wildman–Crippen MR) is 81.7 cm³/mol. The van der Waals surface area contributed by atoms with Crippen LogP contribution in [0.1, 0.15) is 51.9 Å². The van der Waals surface area contributed by atoms with Gasteiger partial charge in [-0.2, -0.15) is 0 Å². The van der Waals surface area contributed by atoms with E-state index in [1.165, 1.54) is 19.3 Å². The molecule has 0 aromatic heterocycles. The van der Waals surface area contributed by atoms with Gasteiger partial charge in [0.1, 0.15) is 6.10 Å². The molecule has 4 unspecified atom stereocenters. The van der Waals surface area contributed by atoms with Gasteiger partial charge in [-0.25, -0.2) is 4.79 Å². The quantitative estimate of drug-likeness (QED) is 0.268. The number of carbonyl (C=O) groups is 2. The molecule has 1 fully saturated rings. The number of hydrogen-bond acceptors (Lipinski definition) is 7. The molecule has 0 aromatic carbocycles. The first-order valence-corrected chi connectivity index (χ1v) is 8.34. The van der Waals surface area contributed by atoms with Gasteiger partial charge in [-0.05, 0) is 6.42 Å². The van der Waals surface area contributed by atoms with Crippen molar-refractivity contribution in [3.63, 3.8) is 0 Å². The van der Waals surface area contributed by atoms with E-state index in [0.29, 0.717) is 6.42 Å². The van der Waals surface area contributed by atoms with Crippen LogP contribution in [0.3, 0.4) is 0 Å². The molecule has 7 nitrogen and oxygen atoms in total. The molecule has 134 valence electrons. The van der Waals surface area contributed by atoms with Gasteiger partial charge < -0.3 is 24.8 Å². The summed E-state index contributed by atoms with van der Waals surface area (Å²) < 4.78 is 9.96. The van der Waals surface area contributed by atoms with Crippen LogP contribution in [0.25, 0.3) is 0 Å². The van der Waals surface area contributed by atoms with Crippen molar-refractivity contribution >= 4 is 11.8 Å². The fraction of sp³-hybridized carbons (Fsp3) is 0.875. The summed E-state index contributed by atoms with van der Waals surface area (Å²) in [6, 6.07) is 0. The van der Waals surface area contributed by atoms with E-state index in [9.17, 15) is 19.8 Å².